The molecule has 1 fully saturated rings. The number of nitrogens with one attached hydrogen (secondary N) is 2. The molecule has 27 heavy (non-hydrogen) atoms. The zero-order valence-electron chi connectivity index (χ0n) is 16.2. The van der Waals surface area contributed by atoms with Gasteiger partial charge in [0, 0.05) is 24.9 Å². The summed E-state index contributed by atoms with van der Waals surface area (Å²) in [5.41, 5.74) is 0.946. The highest BCUT2D eigenvalue weighted by Crippen LogP contribution is 2.36. The van der Waals surface area contributed by atoms with Crippen LogP contribution in [0.2, 0.25) is 0 Å². The first kappa shape index (κ1) is 19.6. The van der Waals surface area contributed by atoms with Crippen molar-refractivity contribution in [3.63, 3.8) is 0 Å². The van der Waals surface area contributed by atoms with Gasteiger partial charge in [0.05, 0.1) is 23.9 Å². The molecule has 1 aliphatic heterocycles. The van der Waals surface area contributed by atoms with Gasteiger partial charge < -0.3 is 25.4 Å². The number of carbonyl (C=O) groups is 2. The number of benzene rings is 1. The predicted molar refractivity (Wildman–Crippen MR) is 103 cm³/mol. The van der Waals surface area contributed by atoms with Gasteiger partial charge in [0.1, 0.15) is 6.10 Å². The van der Waals surface area contributed by atoms with E-state index in [0.29, 0.717) is 30.1 Å². The quantitative estimate of drug-likeness (QED) is 0.701. The summed E-state index contributed by atoms with van der Waals surface area (Å²) in [4.78, 5) is 27.2. The summed E-state index contributed by atoms with van der Waals surface area (Å²) in [6.45, 7) is 4.86. The van der Waals surface area contributed by atoms with Gasteiger partial charge >= 0.3 is 0 Å². The Morgan fingerprint density at radius 1 is 1.41 bits per heavy atom. The highest BCUT2D eigenvalue weighted by molar-refractivity contribution is 6.02. The Balaban J connectivity index is 2.01. The summed E-state index contributed by atoms with van der Waals surface area (Å²) in [6, 6.07) is 4.94. The van der Waals surface area contributed by atoms with Crippen molar-refractivity contribution in [2.75, 3.05) is 32.1 Å². The predicted octanol–water partition coefficient (Wildman–Crippen LogP) is 1.47. The Morgan fingerprint density at radius 2 is 2.15 bits per heavy atom. The van der Waals surface area contributed by atoms with Gasteiger partial charge in [0.15, 0.2) is 5.75 Å². The lowest BCUT2D eigenvalue weighted by Gasteiger charge is -2.37. The second-order valence-electron chi connectivity index (χ2n) is 7.63. The van der Waals surface area contributed by atoms with Crippen molar-refractivity contribution >= 4 is 17.5 Å². The minimum absolute atomic E-state index is 0.0275. The molecule has 7 nitrogen and oxygen atoms in total. The minimum atomic E-state index is -0.300. The van der Waals surface area contributed by atoms with Crippen molar-refractivity contribution < 1.29 is 19.4 Å². The van der Waals surface area contributed by atoms with E-state index in [1.165, 1.54) is 0 Å². The maximum Gasteiger partial charge on any atom is 0.258 e. The average molecular weight is 375 g/mol. The van der Waals surface area contributed by atoms with Crippen molar-refractivity contribution in [2.45, 2.75) is 38.8 Å². The maximum absolute atomic E-state index is 13.2. The summed E-state index contributed by atoms with van der Waals surface area (Å²) in [5.74, 6) is 0.307. The lowest BCUT2D eigenvalue weighted by atomic mass is 9.99. The molecule has 0 spiro atoms. The second kappa shape index (κ2) is 8.27. The number of fused-ring (bicyclic) bond motifs is 1. The molecule has 3 atom stereocenters. The summed E-state index contributed by atoms with van der Waals surface area (Å²) >= 11 is 0. The van der Waals surface area contributed by atoms with Crippen LogP contribution in [0, 0.1) is 11.8 Å². The number of aliphatic hydroxyl groups excluding tert-OH is 1. The Hall–Kier alpha value is -2.12. The number of carbonyl (C=O) groups excluding carboxylic acids is 2. The number of ether oxygens (including phenoxy) is 1. The summed E-state index contributed by atoms with van der Waals surface area (Å²) in [6.07, 6.45) is 1.64. The molecule has 2 aliphatic rings. The first-order chi connectivity index (χ1) is 13.0. The van der Waals surface area contributed by atoms with Gasteiger partial charge in [-0.25, -0.2) is 0 Å². The van der Waals surface area contributed by atoms with Crippen LogP contribution in [0.3, 0.4) is 0 Å². The van der Waals surface area contributed by atoms with Crippen LogP contribution in [0.25, 0.3) is 0 Å². The van der Waals surface area contributed by atoms with E-state index >= 15 is 0 Å². The van der Waals surface area contributed by atoms with Crippen LogP contribution in [0.5, 0.6) is 5.75 Å². The molecule has 1 aromatic rings. The number of hydrogen-bond acceptors (Lipinski definition) is 5. The first-order valence-electron chi connectivity index (χ1n) is 9.63. The number of para-hydroxylation sites is 1. The molecular weight excluding hydrogens is 346 g/mol. The molecule has 1 heterocycles. The molecule has 7 heteroatoms. The van der Waals surface area contributed by atoms with Crippen molar-refractivity contribution in [1.82, 2.24) is 10.2 Å². The fraction of sp³-hybridized carbons (Fsp3) is 0.600. The van der Waals surface area contributed by atoms with E-state index < -0.39 is 0 Å². The van der Waals surface area contributed by atoms with E-state index in [4.69, 9.17) is 4.74 Å². The van der Waals surface area contributed by atoms with E-state index in [1.807, 2.05) is 20.9 Å². The van der Waals surface area contributed by atoms with Crippen molar-refractivity contribution in [3.05, 3.63) is 23.8 Å². The Labute approximate surface area is 160 Å². The molecule has 1 aliphatic carbocycles. The average Bonchev–Trinajstić information content (AvgIpc) is 3.50. The molecule has 148 valence electrons. The fourth-order valence-electron chi connectivity index (χ4n) is 3.37. The molecule has 1 aromatic carbocycles. The zero-order chi connectivity index (χ0) is 19.6. The van der Waals surface area contributed by atoms with E-state index in [-0.39, 0.29) is 42.4 Å². The van der Waals surface area contributed by atoms with Gasteiger partial charge in [-0.3, -0.25) is 9.59 Å². The van der Waals surface area contributed by atoms with Gasteiger partial charge in [-0.2, -0.15) is 0 Å². The molecule has 0 bridgehead atoms. The summed E-state index contributed by atoms with van der Waals surface area (Å²) < 4.78 is 6.27. The zero-order valence-corrected chi connectivity index (χ0v) is 16.2. The molecular formula is C20H29N3O4. The second-order valence-corrected chi connectivity index (χ2v) is 7.63. The smallest absolute Gasteiger partial charge is 0.258 e. The molecule has 0 unspecified atom stereocenters. The molecule has 3 rings (SSSR count). The van der Waals surface area contributed by atoms with E-state index in [1.54, 1.807) is 23.1 Å². The van der Waals surface area contributed by atoms with Gasteiger partial charge in [0.25, 0.3) is 5.91 Å². The molecule has 0 aromatic heterocycles. The summed E-state index contributed by atoms with van der Waals surface area (Å²) in [7, 11) is 1.86. The van der Waals surface area contributed by atoms with E-state index in [0.717, 1.165) is 12.8 Å². The Bertz CT molecular complexity index is 704. The van der Waals surface area contributed by atoms with Gasteiger partial charge in [-0.1, -0.05) is 13.0 Å². The Morgan fingerprint density at radius 3 is 2.78 bits per heavy atom. The molecule has 0 radical (unpaired) electrons. The number of nitrogens with zero attached hydrogens (tertiary/aromatic N) is 1. The van der Waals surface area contributed by atoms with Crippen LogP contribution in [0.15, 0.2) is 18.2 Å². The number of aliphatic hydroxyl groups is 1. The van der Waals surface area contributed by atoms with Crippen LogP contribution < -0.4 is 15.4 Å². The largest absolute Gasteiger partial charge is 0.486 e. The third-order valence-electron chi connectivity index (χ3n) is 5.30. The van der Waals surface area contributed by atoms with Crippen LogP contribution in [0.4, 0.5) is 5.69 Å². The third-order valence-corrected chi connectivity index (χ3v) is 5.30. The molecule has 0 saturated heterocycles. The number of likely N-dealkylation sites (N-methyl/N-ethyl adjacent to an activating group) is 1. The first-order valence-corrected chi connectivity index (χ1v) is 9.63. The lowest BCUT2D eigenvalue weighted by Crippen LogP contribution is -2.49. The molecule has 2 amide bonds. The van der Waals surface area contributed by atoms with Gasteiger partial charge in [-0.05, 0) is 38.9 Å². The SMILES string of the molecule is CNC[C@@H]1Oc2c(NC(=O)C3CC3)cccc2C(=O)N([C@@H](C)CO)C[C@@H]1C. The monoisotopic (exact) mass is 375 g/mol. The summed E-state index contributed by atoms with van der Waals surface area (Å²) in [5, 5.41) is 15.7. The van der Waals surface area contributed by atoms with Gasteiger partial charge in [0.2, 0.25) is 5.91 Å². The maximum atomic E-state index is 13.2. The standard InChI is InChI=1S/C20H29N3O4/c1-12-10-23(13(2)11-24)20(26)15-5-4-6-16(22-19(25)14-7-8-14)18(15)27-17(12)9-21-3/h4-6,12-14,17,21,24H,7-11H2,1-3H3,(H,22,25)/t12-,13-,17-/m0/s1. The van der Waals surface area contributed by atoms with Crippen LogP contribution >= 0.6 is 0 Å². The third kappa shape index (κ3) is 4.25. The normalized spacial score (nSPS) is 23.7. The number of hydrogen-bond donors (Lipinski definition) is 3. The van der Waals surface area contributed by atoms with Crippen LogP contribution in [-0.4, -0.2) is 60.7 Å². The fourth-order valence-corrected chi connectivity index (χ4v) is 3.37. The van der Waals surface area contributed by atoms with Crippen LogP contribution in [0.1, 0.15) is 37.0 Å². The topological polar surface area (TPSA) is 90.9 Å². The van der Waals surface area contributed by atoms with Gasteiger partial charge in [-0.15, -0.1) is 0 Å². The van der Waals surface area contributed by atoms with Crippen molar-refractivity contribution in [2.24, 2.45) is 11.8 Å². The number of amides is 2. The van der Waals surface area contributed by atoms with E-state index in [2.05, 4.69) is 10.6 Å². The lowest BCUT2D eigenvalue weighted by molar-refractivity contribution is -0.117. The Kier molecular flexibility index (Phi) is 6.01. The minimum Gasteiger partial charge on any atom is -0.486 e. The molecule has 3 N–H and O–H groups in total. The number of anilines is 1. The van der Waals surface area contributed by atoms with Crippen molar-refractivity contribution in [3.8, 4) is 5.75 Å². The highest BCUT2D eigenvalue weighted by atomic mass is 16.5. The van der Waals surface area contributed by atoms with E-state index in [9.17, 15) is 14.7 Å². The van der Waals surface area contributed by atoms with Crippen LogP contribution in [-0.2, 0) is 4.79 Å². The highest BCUT2D eigenvalue weighted by Gasteiger charge is 2.35. The number of rotatable bonds is 6. The molecule has 1 saturated carbocycles. The van der Waals surface area contributed by atoms with Crippen molar-refractivity contribution in [1.29, 1.82) is 0 Å².